The SMILES string of the molecule is CC(C)c1ccccc1C1CCCN1C1CC2(CCN(c3ccc(C(=O)NS(=O)(=O)c4ccc(NCC5CN(C6COC6)CCO5)c(N=O)c4)c(Oc4cnc5[nH]ccc5c4)n3)CC2)C1. The van der Waals surface area contributed by atoms with Crippen LogP contribution in [0.2, 0.25) is 0 Å². The minimum Gasteiger partial charge on any atom is -0.436 e. The van der Waals surface area contributed by atoms with E-state index in [0.717, 1.165) is 50.5 Å². The summed E-state index contributed by atoms with van der Waals surface area (Å²) in [5.74, 6) is 0.472. The van der Waals surface area contributed by atoms with E-state index in [4.69, 9.17) is 19.2 Å². The lowest BCUT2D eigenvalue weighted by atomic mass is 9.60. The van der Waals surface area contributed by atoms with Crippen LogP contribution in [0.1, 0.15) is 85.8 Å². The number of morpholine rings is 1. The van der Waals surface area contributed by atoms with Crippen molar-refractivity contribution < 1.29 is 27.4 Å². The van der Waals surface area contributed by atoms with Crippen LogP contribution in [0, 0.1) is 10.3 Å². The van der Waals surface area contributed by atoms with Crippen molar-refractivity contribution in [2.75, 3.05) is 69.3 Å². The molecule has 2 atom stereocenters. The van der Waals surface area contributed by atoms with Gasteiger partial charge in [0.05, 0.1) is 48.7 Å². The number of ether oxygens (including phenoxy) is 3. The number of likely N-dealkylation sites (tertiary alicyclic amines) is 1. The fourth-order valence-corrected chi connectivity index (χ4v) is 11.6. The maximum absolute atomic E-state index is 14.0. The molecule has 2 aromatic carbocycles. The molecule has 3 aromatic heterocycles. The molecular formula is C48H57N9O7S. The van der Waals surface area contributed by atoms with Crippen LogP contribution in [-0.2, 0) is 19.5 Å². The standard InChI is InChI=1S/C48H57N9O7S/c1-31(2)38-6-3-4-7-39(38)43-8-5-17-57(43)33-24-48(25-33)14-18-55(19-15-48)44-12-10-40(47(52-44)64-35-22-32-13-16-49-45(32)51-26-35)46(58)54-65(60,61)37-9-11-41(42(23-37)53-59)50-27-36-28-56(20-21-63-36)34-29-62-30-34/h3-4,6-7,9-13,16,22-23,26,31,33-34,36,43,50H,5,8,14-15,17-21,24-25,27-30H2,1-2H3,(H,49,51)(H,54,58). The highest BCUT2D eigenvalue weighted by molar-refractivity contribution is 7.90. The number of amides is 1. The minimum absolute atomic E-state index is 0.0549. The number of aromatic amines is 1. The number of piperidine rings is 1. The summed E-state index contributed by atoms with van der Waals surface area (Å²) < 4.78 is 47.2. The zero-order chi connectivity index (χ0) is 44.7. The van der Waals surface area contributed by atoms with Gasteiger partial charge in [0.25, 0.3) is 15.9 Å². The summed E-state index contributed by atoms with van der Waals surface area (Å²) in [6.07, 6.45) is 10.1. The van der Waals surface area contributed by atoms with Crippen LogP contribution in [0.3, 0.4) is 0 Å². The van der Waals surface area contributed by atoms with Crippen molar-refractivity contribution in [3.63, 3.8) is 0 Å². The smallest absolute Gasteiger partial charge is 0.270 e. The van der Waals surface area contributed by atoms with E-state index < -0.39 is 15.9 Å². The molecule has 16 nitrogen and oxygen atoms in total. The summed E-state index contributed by atoms with van der Waals surface area (Å²) in [4.78, 5) is 45.3. The van der Waals surface area contributed by atoms with E-state index in [1.54, 1.807) is 24.4 Å². The second-order valence-electron chi connectivity index (χ2n) is 18.7. The second kappa shape index (κ2) is 18.1. The number of nitrogens with one attached hydrogen (secondary N) is 3. The molecule has 2 unspecified atom stereocenters. The monoisotopic (exact) mass is 903 g/mol. The first-order valence-corrected chi connectivity index (χ1v) is 24.5. The van der Waals surface area contributed by atoms with E-state index in [-0.39, 0.29) is 28.1 Å². The van der Waals surface area contributed by atoms with Crippen LogP contribution in [-0.4, -0.2) is 116 Å². The lowest BCUT2D eigenvalue weighted by molar-refractivity contribution is -0.111. The number of rotatable bonds is 14. The first-order valence-electron chi connectivity index (χ1n) is 23.0. The van der Waals surface area contributed by atoms with Gasteiger partial charge in [0.15, 0.2) is 0 Å². The molecule has 5 aliphatic rings. The summed E-state index contributed by atoms with van der Waals surface area (Å²) in [5, 5.41) is 7.09. The van der Waals surface area contributed by atoms with Crippen LogP contribution in [0.25, 0.3) is 11.0 Å². The number of hydrogen-bond donors (Lipinski definition) is 3. The quantitative estimate of drug-likeness (QED) is 0.0933. The van der Waals surface area contributed by atoms with Gasteiger partial charge < -0.3 is 29.4 Å². The average Bonchev–Trinajstić information content (AvgIpc) is 3.97. The molecule has 5 aromatic rings. The fraction of sp³-hybridized carbons (Fsp3) is 0.479. The summed E-state index contributed by atoms with van der Waals surface area (Å²) >= 11 is 0. The normalized spacial score (nSPS) is 21.9. The molecule has 5 fully saturated rings. The third-order valence-corrected chi connectivity index (χ3v) is 15.7. The van der Waals surface area contributed by atoms with Crippen molar-refractivity contribution in [1.82, 2.24) is 29.5 Å². The van der Waals surface area contributed by atoms with Crippen LogP contribution < -0.4 is 19.7 Å². The topological polar surface area (TPSA) is 184 Å². The molecule has 4 saturated heterocycles. The second-order valence-corrected chi connectivity index (χ2v) is 20.4. The van der Waals surface area contributed by atoms with Crippen molar-refractivity contribution in [2.45, 2.75) is 87.4 Å². The van der Waals surface area contributed by atoms with Crippen LogP contribution in [0.15, 0.2) is 89.2 Å². The van der Waals surface area contributed by atoms with Gasteiger partial charge in [-0.3, -0.25) is 14.6 Å². The van der Waals surface area contributed by atoms with E-state index in [2.05, 4.69) is 78.0 Å². The number of carbonyl (C=O) groups excluding carboxylic acids is 1. The van der Waals surface area contributed by atoms with Crippen molar-refractivity contribution in [3.8, 4) is 11.6 Å². The molecule has 1 amide bonds. The maximum Gasteiger partial charge on any atom is 0.270 e. The first kappa shape index (κ1) is 43.4. The Bertz CT molecular complexity index is 2660. The highest BCUT2D eigenvalue weighted by Crippen LogP contribution is 2.54. The Labute approximate surface area is 379 Å². The highest BCUT2D eigenvalue weighted by Gasteiger charge is 2.50. The Morgan fingerprint density at radius 2 is 1.85 bits per heavy atom. The summed E-state index contributed by atoms with van der Waals surface area (Å²) in [7, 11) is -4.48. The first-order chi connectivity index (χ1) is 31.5. The van der Waals surface area contributed by atoms with Crippen LogP contribution in [0.4, 0.5) is 17.2 Å². The maximum atomic E-state index is 14.0. The molecule has 4 aliphatic heterocycles. The van der Waals surface area contributed by atoms with Gasteiger partial charge in [-0.2, -0.15) is 4.98 Å². The average molecular weight is 904 g/mol. The molecule has 7 heterocycles. The van der Waals surface area contributed by atoms with E-state index in [9.17, 15) is 18.1 Å². The number of benzene rings is 2. The zero-order valence-corrected chi connectivity index (χ0v) is 37.8. The molecule has 0 radical (unpaired) electrons. The number of H-pyrrole nitrogens is 1. The van der Waals surface area contributed by atoms with Gasteiger partial charge in [0.2, 0.25) is 5.88 Å². The van der Waals surface area contributed by atoms with Gasteiger partial charge >= 0.3 is 0 Å². The Hall–Kier alpha value is -5.46. The van der Waals surface area contributed by atoms with Crippen molar-refractivity contribution >= 4 is 44.2 Å². The number of hydrogen-bond acceptors (Lipinski definition) is 14. The van der Waals surface area contributed by atoms with Crippen molar-refractivity contribution in [3.05, 3.63) is 101 Å². The van der Waals surface area contributed by atoms with Gasteiger partial charge in [0, 0.05) is 56.4 Å². The van der Waals surface area contributed by atoms with Gasteiger partial charge in [-0.1, -0.05) is 38.1 Å². The molecule has 3 N–H and O–H groups in total. The van der Waals surface area contributed by atoms with E-state index in [1.165, 1.54) is 55.1 Å². The Morgan fingerprint density at radius 1 is 1.02 bits per heavy atom. The van der Waals surface area contributed by atoms with Gasteiger partial charge in [0.1, 0.15) is 28.5 Å². The molecule has 10 rings (SSSR count). The van der Waals surface area contributed by atoms with Crippen molar-refractivity contribution in [1.29, 1.82) is 0 Å². The van der Waals surface area contributed by atoms with Crippen LogP contribution >= 0.6 is 0 Å². The summed E-state index contributed by atoms with van der Waals surface area (Å²) in [6, 6.07) is 21.3. The number of pyridine rings is 2. The van der Waals surface area contributed by atoms with E-state index in [0.29, 0.717) is 85.3 Å². The van der Waals surface area contributed by atoms with Crippen LogP contribution in [0.5, 0.6) is 11.6 Å². The zero-order valence-electron chi connectivity index (χ0n) is 36.9. The molecule has 65 heavy (non-hydrogen) atoms. The third-order valence-electron chi connectivity index (χ3n) is 14.3. The lowest BCUT2D eigenvalue weighted by Crippen LogP contribution is -2.56. The number of fused-ring (bicyclic) bond motifs is 1. The molecular weight excluding hydrogens is 847 g/mol. The Balaban J connectivity index is 0.820. The predicted molar refractivity (Wildman–Crippen MR) is 247 cm³/mol. The Kier molecular flexibility index (Phi) is 12.1. The van der Waals surface area contributed by atoms with Gasteiger partial charge in [-0.15, -0.1) is 4.91 Å². The predicted octanol–water partition coefficient (Wildman–Crippen LogP) is 7.49. The summed E-state index contributed by atoms with van der Waals surface area (Å²) in [5.41, 5.74) is 4.08. The molecule has 1 spiro atoms. The molecule has 17 heteroatoms. The van der Waals surface area contributed by atoms with E-state index >= 15 is 0 Å². The molecule has 1 saturated carbocycles. The van der Waals surface area contributed by atoms with Gasteiger partial charge in [-0.25, -0.2) is 18.1 Å². The summed E-state index contributed by atoms with van der Waals surface area (Å²) in [6.45, 7) is 11.2. The number of carbonyl (C=O) groups is 1. The van der Waals surface area contributed by atoms with Gasteiger partial charge in [-0.05, 0) is 115 Å². The Morgan fingerprint density at radius 3 is 2.63 bits per heavy atom. The molecule has 1 aliphatic carbocycles. The number of nitrogens with zero attached hydrogens (tertiary/aromatic N) is 6. The minimum atomic E-state index is -4.48. The number of aromatic nitrogens is 3. The molecule has 342 valence electrons. The number of anilines is 2. The molecule has 0 bridgehead atoms. The lowest BCUT2D eigenvalue weighted by Gasteiger charge is -2.56. The number of sulfonamides is 1. The van der Waals surface area contributed by atoms with E-state index in [1.807, 2.05) is 6.07 Å². The largest absolute Gasteiger partial charge is 0.436 e. The van der Waals surface area contributed by atoms with Crippen molar-refractivity contribution in [2.24, 2.45) is 10.6 Å². The fourth-order valence-electron chi connectivity index (χ4n) is 10.6. The highest BCUT2D eigenvalue weighted by atomic mass is 32.2. The third kappa shape index (κ3) is 8.96. The number of nitroso groups, excluding NO2 is 1.